The van der Waals surface area contributed by atoms with E-state index < -0.39 is 6.10 Å². The predicted molar refractivity (Wildman–Crippen MR) is 103 cm³/mol. The minimum atomic E-state index is -0.602. The number of carbonyl (C=O) groups is 1. The maximum absolute atomic E-state index is 12.2. The van der Waals surface area contributed by atoms with Crippen molar-refractivity contribution in [1.82, 2.24) is 10.3 Å². The van der Waals surface area contributed by atoms with Gasteiger partial charge < -0.3 is 15.0 Å². The first kappa shape index (κ1) is 17.7. The van der Waals surface area contributed by atoms with Gasteiger partial charge in [-0.05, 0) is 55.5 Å². The van der Waals surface area contributed by atoms with Gasteiger partial charge in [0.15, 0.2) is 6.10 Å². The highest BCUT2D eigenvalue weighted by Gasteiger charge is 2.14. The Bertz CT molecular complexity index is 964. The first-order valence-electron chi connectivity index (χ1n) is 8.65. The molecule has 2 N–H and O–H groups in total. The summed E-state index contributed by atoms with van der Waals surface area (Å²) in [5.41, 5.74) is 2.46. The Morgan fingerprint density at radius 3 is 2.69 bits per heavy atom. The van der Waals surface area contributed by atoms with Crippen LogP contribution in [0.1, 0.15) is 18.1 Å². The van der Waals surface area contributed by atoms with E-state index in [4.69, 9.17) is 4.74 Å². The highest BCUT2D eigenvalue weighted by molar-refractivity contribution is 5.81. The van der Waals surface area contributed by atoms with Crippen molar-refractivity contribution in [3.05, 3.63) is 76.1 Å². The van der Waals surface area contributed by atoms with Crippen LogP contribution in [0.4, 0.5) is 0 Å². The lowest BCUT2D eigenvalue weighted by molar-refractivity contribution is -0.127. The molecule has 1 aromatic heterocycles. The molecular weight excluding hydrogens is 328 g/mol. The third kappa shape index (κ3) is 4.30. The number of aromatic nitrogens is 1. The summed E-state index contributed by atoms with van der Waals surface area (Å²) in [6.45, 7) is 4.06. The Morgan fingerprint density at radius 2 is 1.92 bits per heavy atom. The van der Waals surface area contributed by atoms with Crippen molar-refractivity contribution in [3.8, 4) is 5.75 Å². The summed E-state index contributed by atoms with van der Waals surface area (Å²) in [5, 5.41) is 3.80. The molecule has 0 unspecified atom stereocenters. The van der Waals surface area contributed by atoms with Crippen molar-refractivity contribution in [2.45, 2.75) is 26.4 Å². The number of aromatic amines is 1. The van der Waals surface area contributed by atoms with E-state index in [-0.39, 0.29) is 11.5 Å². The van der Waals surface area contributed by atoms with Gasteiger partial charge in [0, 0.05) is 17.6 Å². The van der Waals surface area contributed by atoms with E-state index >= 15 is 0 Å². The number of benzene rings is 2. The van der Waals surface area contributed by atoms with Gasteiger partial charge in [0.05, 0.1) is 0 Å². The van der Waals surface area contributed by atoms with Gasteiger partial charge in [-0.3, -0.25) is 9.59 Å². The second-order valence-electron chi connectivity index (χ2n) is 6.33. The molecule has 1 heterocycles. The summed E-state index contributed by atoms with van der Waals surface area (Å²) < 4.78 is 5.59. The average Bonchev–Trinajstić information content (AvgIpc) is 2.63. The number of nitrogens with one attached hydrogen (secondary N) is 2. The molecule has 26 heavy (non-hydrogen) atoms. The van der Waals surface area contributed by atoms with Crippen LogP contribution in [0.2, 0.25) is 0 Å². The summed E-state index contributed by atoms with van der Waals surface area (Å²) in [4.78, 5) is 27.3. The van der Waals surface area contributed by atoms with Crippen LogP contribution in [0.25, 0.3) is 10.9 Å². The van der Waals surface area contributed by atoms with Crippen molar-refractivity contribution in [3.63, 3.8) is 0 Å². The van der Waals surface area contributed by atoms with Gasteiger partial charge in [0.25, 0.3) is 11.5 Å². The van der Waals surface area contributed by atoms with Crippen LogP contribution in [0.5, 0.6) is 5.75 Å². The van der Waals surface area contributed by atoms with Gasteiger partial charge in [-0.1, -0.05) is 30.3 Å². The Morgan fingerprint density at radius 1 is 1.15 bits per heavy atom. The maximum Gasteiger partial charge on any atom is 0.260 e. The molecule has 5 heteroatoms. The maximum atomic E-state index is 12.2. The second-order valence-corrected chi connectivity index (χ2v) is 6.33. The van der Waals surface area contributed by atoms with Gasteiger partial charge in [0.1, 0.15) is 5.75 Å². The number of rotatable bonds is 6. The number of aryl methyl sites for hydroxylation is 1. The van der Waals surface area contributed by atoms with Crippen molar-refractivity contribution in [2.24, 2.45) is 0 Å². The minimum absolute atomic E-state index is 0.120. The summed E-state index contributed by atoms with van der Waals surface area (Å²) in [5.74, 6) is 0.443. The number of para-hydroxylation sites is 1. The molecule has 5 nitrogen and oxygen atoms in total. The van der Waals surface area contributed by atoms with Gasteiger partial charge in [-0.25, -0.2) is 0 Å². The molecule has 0 saturated carbocycles. The number of fused-ring (bicyclic) bond motifs is 1. The molecule has 3 rings (SSSR count). The molecule has 0 aliphatic heterocycles. The first-order chi connectivity index (χ1) is 12.5. The van der Waals surface area contributed by atoms with Crippen LogP contribution in [0.3, 0.4) is 0 Å². The summed E-state index contributed by atoms with van der Waals surface area (Å²) >= 11 is 0. The van der Waals surface area contributed by atoms with Crippen LogP contribution >= 0.6 is 0 Å². The summed E-state index contributed by atoms with van der Waals surface area (Å²) in [6.07, 6.45) is -0.140. The number of H-pyrrole nitrogens is 1. The third-order valence-electron chi connectivity index (χ3n) is 4.20. The van der Waals surface area contributed by atoms with Gasteiger partial charge in [0.2, 0.25) is 0 Å². The van der Waals surface area contributed by atoms with Gasteiger partial charge in [-0.2, -0.15) is 0 Å². The number of hydrogen-bond acceptors (Lipinski definition) is 3. The molecule has 0 aliphatic carbocycles. The number of amides is 1. The average molecular weight is 350 g/mol. The minimum Gasteiger partial charge on any atom is -0.481 e. The Labute approximate surface area is 152 Å². The number of carbonyl (C=O) groups excluding carboxylic acids is 1. The van der Waals surface area contributed by atoms with E-state index in [0.717, 1.165) is 16.5 Å². The lowest BCUT2D eigenvalue weighted by Gasteiger charge is -2.14. The molecule has 2 aromatic carbocycles. The van der Waals surface area contributed by atoms with E-state index in [1.165, 1.54) is 0 Å². The van der Waals surface area contributed by atoms with E-state index in [1.54, 1.807) is 19.1 Å². The number of pyridine rings is 1. The van der Waals surface area contributed by atoms with E-state index in [9.17, 15) is 9.59 Å². The molecule has 0 fully saturated rings. The molecule has 134 valence electrons. The van der Waals surface area contributed by atoms with Crippen LogP contribution in [-0.2, 0) is 11.2 Å². The molecular formula is C21H22N2O3. The highest BCUT2D eigenvalue weighted by atomic mass is 16.5. The van der Waals surface area contributed by atoms with Crippen molar-refractivity contribution >= 4 is 16.8 Å². The Hall–Kier alpha value is -3.08. The lowest BCUT2D eigenvalue weighted by atomic mass is 10.1. The van der Waals surface area contributed by atoms with Crippen LogP contribution in [0, 0.1) is 6.92 Å². The Kier molecular flexibility index (Phi) is 5.37. The monoisotopic (exact) mass is 350 g/mol. The van der Waals surface area contributed by atoms with E-state index in [2.05, 4.69) is 10.3 Å². The van der Waals surface area contributed by atoms with Crippen LogP contribution in [-0.4, -0.2) is 23.5 Å². The number of ether oxygens (including phenoxy) is 1. The zero-order chi connectivity index (χ0) is 18.5. The fraction of sp³-hybridized carbons (Fsp3) is 0.238. The summed E-state index contributed by atoms with van der Waals surface area (Å²) in [7, 11) is 0. The quantitative estimate of drug-likeness (QED) is 0.718. The number of hydrogen-bond donors (Lipinski definition) is 2. The van der Waals surface area contributed by atoms with Crippen LogP contribution in [0.15, 0.2) is 59.4 Å². The normalized spacial score (nSPS) is 11.9. The molecule has 0 bridgehead atoms. The topological polar surface area (TPSA) is 71.2 Å². The summed E-state index contributed by atoms with van der Waals surface area (Å²) in [6, 6.07) is 17.0. The molecule has 0 aliphatic rings. The van der Waals surface area contributed by atoms with E-state index in [0.29, 0.717) is 24.3 Å². The predicted octanol–water partition coefficient (Wildman–Crippen LogP) is 2.96. The van der Waals surface area contributed by atoms with Crippen molar-refractivity contribution in [1.29, 1.82) is 0 Å². The Balaban J connectivity index is 1.58. The van der Waals surface area contributed by atoms with Gasteiger partial charge >= 0.3 is 0 Å². The fourth-order valence-corrected chi connectivity index (χ4v) is 2.77. The van der Waals surface area contributed by atoms with Crippen molar-refractivity contribution in [2.75, 3.05) is 6.54 Å². The SMILES string of the molecule is Cc1ccc2cc(CCNC(=O)[C@H](C)Oc3ccccc3)c(=O)[nH]c2c1. The molecule has 0 saturated heterocycles. The largest absolute Gasteiger partial charge is 0.481 e. The first-order valence-corrected chi connectivity index (χ1v) is 8.65. The molecule has 0 spiro atoms. The van der Waals surface area contributed by atoms with Gasteiger partial charge in [-0.15, -0.1) is 0 Å². The fourth-order valence-electron chi connectivity index (χ4n) is 2.77. The van der Waals surface area contributed by atoms with E-state index in [1.807, 2.05) is 49.4 Å². The molecule has 1 atom stereocenters. The standard InChI is InChI=1S/C21H22N2O3/c1-14-8-9-16-13-17(21(25)23-19(16)12-14)10-11-22-20(24)15(2)26-18-6-4-3-5-7-18/h3-9,12-13,15H,10-11H2,1-2H3,(H,22,24)(H,23,25)/t15-/m0/s1. The third-order valence-corrected chi connectivity index (χ3v) is 4.20. The highest BCUT2D eigenvalue weighted by Crippen LogP contribution is 2.13. The van der Waals surface area contributed by atoms with Crippen LogP contribution < -0.4 is 15.6 Å². The second kappa shape index (κ2) is 7.87. The zero-order valence-electron chi connectivity index (χ0n) is 14.9. The molecule has 0 radical (unpaired) electrons. The van der Waals surface area contributed by atoms with Crippen molar-refractivity contribution < 1.29 is 9.53 Å². The smallest absolute Gasteiger partial charge is 0.260 e. The molecule has 1 amide bonds. The lowest BCUT2D eigenvalue weighted by Crippen LogP contribution is -2.37. The zero-order valence-corrected chi connectivity index (χ0v) is 14.9. The molecule has 3 aromatic rings.